The third-order valence-electron chi connectivity index (χ3n) is 2.72. The summed E-state index contributed by atoms with van der Waals surface area (Å²) in [6.07, 6.45) is 6.08. The lowest BCUT2D eigenvalue weighted by atomic mass is 9.94. The summed E-state index contributed by atoms with van der Waals surface area (Å²) in [5.41, 5.74) is 5.52. The fraction of sp³-hybridized carbons (Fsp3) is 0.500. The van der Waals surface area contributed by atoms with Crippen LogP contribution in [0, 0.1) is 0 Å². The molecule has 1 heterocycles. The molecule has 1 aliphatic carbocycles. The van der Waals surface area contributed by atoms with Crippen molar-refractivity contribution in [1.82, 2.24) is 9.78 Å². The van der Waals surface area contributed by atoms with Gasteiger partial charge in [-0.2, -0.15) is 5.10 Å². The van der Waals surface area contributed by atoms with Crippen molar-refractivity contribution in [1.29, 1.82) is 0 Å². The molecule has 0 saturated heterocycles. The van der Waals surface area contributed by atoms with Crippen LogP contribution < -0.4 is 5.73 Å². The van der Waals surface area contributed by atoms with Gasteiger partial charge in [0.2, 0.25) is 0 Å². The van der Waals surface area contributed by atoms with Crippen molar-refractivity contribution in [2.24, 2.45) is 5.73 Å². The average Bonchev–Trinajstić information content (AvgIpc) is 2.66. The van der Waals surface area contributed by atoms with Crippen LogP contribution in [0.5, 0.6) is 0 Å². The largest absolute Gasteiger partial charge is 0.366 e. The summed E-state index contributed by atoms with van der Waals surface area (Å²) in [6.45, 7) is 0. The molecular weight excluding hydrogens is 194 g/mol. The van der Waals surface area contributed by atoms with Crippen LogP contribution in [0.15, 0.2) is 12.4 Å². The number of nitrogens with zero attached hydrogens (tertiary/aromatic N) is 2. The van der Waals surface area contributed by atoms with E-state index < -0.39 is 5.91 Å². The van der Waals surface area contributed by atoms with Crippen LogP contribution in [-0.4, -0.2) is 21.5 Å². The van der Waals surface area contributed by atoms with Gasteiger partial charge in [-0.3, -0.25) is 14.3 Å². The minimum Gasteiger partial charge on any atom is -0.366 e. The Morgan fingerprint density at radius 1 is 1.60 bits per heavy atom. The fourth-order valence-electron chi connectivity index (χ4n) is 1.89. The summed E-state index contributed by atoms with van der Waals surface area (Å²) >= 11 is 0. The minimum atomic E-state index is -0.483. The van der Waals surface area contributed by atoms with Crippen molar-refractivity contribution in [2.45, 2.75) is 31.7 Å². The maximum Gasteiger partial charge on any atom is 0.251 e. The summed E-state index contributed by atoms with van der Waals surface area (Å²) in [6, 6.07) is 0.0966. The Labute approximate surface area is 87.3 Å². The molecule has 15 heavy (non-hydrogen) atoms. The highest BCUT2D eigenvalue weighted by atomic mass is 16.1. The summed E-state index contributed by atoms with van der Waals surface area (Å²) in [4.78, 5) is 22.1. The van der Waals surface area contributed by atoms with Gasteiger partial charge in [0.15, 0.2) is 0 Å². The van der Waals surface area contributed by atoms with E-state index in [2.05, 4.69) is 5.10 Å². The van der Waals surface area contributed by atoms with Crippen LogP contribution in [0.2, 0.25) is 0 Å². The molecule has 1 unspecified atom stereocenters. The van der Waals surface area contributed by atoms with Gasteiger partial charge in [-0.25, -0.2) is 0 Å². The van der Waals surface area contributed by atoms with Crippen LogP contribution in [0.3, 0.4) is 0 Å². The van der Waals surface area contributed by atoms with Crippen molar-refractivity contribution in [3.63, 3.8) is 0 Å². The van der Waals surface area contributed by atoms with E-state index in [0.717, 1.165) is 12.8 Å². The SMILES string of the molecule is NC(=O)c1cnn(C2CCCC(=O)C2)c1. The predicted octanol–water partition coefficient (Wildman–Crippen LogP) is 0.666. The second kappa shape index (κ2) is 3.84. The third-order valence-corrected chi connectivity index (χ3v) is 2.72. The Bertz CT molecular complexity index is 397. The maximum absolute atomic E-state index is 11.3. The number of rotatable bonds is 2. The molecule has 0 bridgehead atoms. The lowest BCUT2D eigenvalue weighted by molar-refractivity contribution is -0.121. The number of primary amides is 1. The zero-order chi connectivity index (χ0) is 10.8. The molecule has 1 aliphatic rings. The molecule has 2 rings (SSSR count). The molecule has 0 spiro atoms. The lowest BCUT2D eigenvalue weighted by Crippen LogP contribution is -2.19. The molecule has 2 N–H and O–H groups in total. The molecule has 1 saturated carbocycles. The standard InChI is InChI=1S/C10H13N3O2/c11-10(15)7-5-12-13(6-7)8-2-1-3-9(14)4-8/h5-6,8H,1-4H2,(H2,11,15). The molecule has 80 valence electrons. The Kier molecular flexibility index (Phi) is 2.53. The Hall–Kier alpha value is -1.65. The number of amides is 1. The van der Waals surface area contributed by atoms with Crippen molar-refractivity contribution in [3.8, 4) is 0 Å². The molecule has 1 amide bonds. The number of nitrogens with two attached hydrogens (primary N) is 1. The van der Waals surface area contributed by atoms with Crippen LogP contribution in [-0.2, 0) is 4.79 Å². The quantitative estimate of drug-likeness (QED) is 0.774. The third kappa shape index (κ3) is 2.06. The van der Waals surface area contributed by atoms with Crippen LogP contribution in [0.1, 0.15) is 42.1 Å². The number of hydrogen-bond donors (Lipinski definition) is 1. The highest BCUT2D eigenvalue weighted by Gasteiger charge is 2.21. The van der Waals surface area contributed by atoms with Gasteiger partial charge >= 0.3 is 0 Å². The topological polar surface area (TPSA) is 78.0 Å². The number of carbonyl (C=O) groups excluding carboxylic acids is 2. The molecule has 5 nitrogen and oxygen atoms in total. The van der Waals surface area contributed by atoms with E-state index in [-0.39, 0.29) is 11.8 Å². The zero-order valence-corrected chi connectivity index (χ0v) is 8.35. The maximum atomic E-state index is 11.3. The second-order valence-electron chi connectivity index (χ2n) is 3.86. The first-order valence-corrected chi connectivity index (χ1v) is 5.02. The number of ketones is 1. The van der Waals surface area contributed by atoms with Gasteiger partial charge in [-0.1, -0.05) is 0 Å². The molecule has 0 aromatic carbocycles. The van der Waals surface area contributed by atoms with E-state index in [1.54, 1.807) is 10.9 Å². The number of aromatic nitrogens is 2. The Morgan fingerprint density at radius 3 is 3.00 bits per heavy atom. The van der Waals surface area contributed by atoms with Gasteiger partial charge in [0.05, 0.1) is 17.8 Å². The molecule has 1 atom stereocenters. The lowest BCUT2D eigenvalue weighted by Gasteiger charge is -2.20. The summed E-state index contributed by atoms with van der Waals surface area (Å²) in [7, 11) is 0. The molecule has 1 fully saturated rings. The van der Waals surface area contributed by atoms with Gasteiger partial charge in [-0.05, 0) is 12.8 Å². The van der Waals surface area contributed by atoms with E-state index in [9.17, 15) is 9.59 Å². The highest BCUT2D eigenvalue weighted by molar-refractivity contribution is 5.92. The fourth-order valence-corrected chi connectivity index (χ4v) is 1.89. The van der Waals surface area contributed by atoms with Gasteiger partial charge in [0, 0.05) is 19.0 Å². The molecule has 0 radical (unpaired) electrons. The van der Waals surface area contributed by atoms with Crippen molar-refractivity contribution < 1.29 is 9.59 Å². The number of hydrogen-bond acceptors (Lipinski definition) is 3. The Morgan fingerprint density at radius 2 is 2.40 bits per heavy atom. The molecule has 0 aliphatic heterocycles. The smallest absolute Gasteiger partial charge is 0.251 e. The van der Waals surface area contributed by atoms with Gasteiger partial charge in [-0.15, -0.1) is 0 Å². The molecule has 5 heteroatoms. The van der Waals surface area contributed by atoms with Crippen molar-refractivity contribution >= 4 is 11.7 Å². The van der Waals surface area contributed by atoms with Crippen LogP contribution in [0.4, 0.5) is 0 Å². The molecule has 1 aromatic rings. The zero-order valence-electron chi connectivity index (χ0n) is 8.35. The van der Waals surface area contributed by atoms with Crippen molar-refractivity contribution in [3.05, 3.63) is 18.0 Å². The van der Waals surface area contributed by atoms with Crippen molar-refractivity contribution in [2.75, 3.05) is 0 Å². The first-order chi connectivity index (χ1) is 7.16. The number of carbonyl (C=O) groups is 2. The van der Waals surface area contributed by atoms with E-state index in [1.165, 1.54) is 6.20 Å². The highest BCUT2D eigenvalue weighted by Crippen LogP contribution is 2.25. The van der Waals surface area contributed by atoms with Crippen LogP contribution in [0.25, 0.3) is 0 Å². The van der Waals surface area contributed by atoms with Gasteiger partial charge < -0.3 is 5.73 Å². The first kappa shape index (κ1) is 9.89. The summed E-state index contributed by atoms with van der Waals surface area (Å²) in [5.74, 6) is -0.217. The predicted molar refractivity (Wildman–Crippen MR) is 53.3 cm³/mol. The average molecular weight is 207 g/mol. The second-order valence-corrected chi connectivity index (χ2v) is 3.86. The monoisotopic (exact) mass is 207 g/mol. The Balaban J connectivity index is 2.14. The normalized spacial score (nSPS) is 21.6. The number of Topliss-reactive ketones (excluding diaryl/α,β-unsaturated/α-hetero) is 1. The summed E-state index contributed by atoms with van der Waals surface area (Å²) in [5, 5.41) is 4.06. The minimum absolute atomic E-state index is 0.0966. The first-order valence-electron chi connectivity index (χ1n) is 5.02. The van der Waals surface area contributed by atoms with E-state index >= 15 is 0 Å². The van der Waals surface area contributed by atoms with Gasteiger partial charge in [0.25, 0.3) is 5.91 Å². The molecule has 1 aromatic heterocycles. The summed E-state index contributed by atoms with van der Waals surface area (Å²) < 4.78 is 1.68. The van der Waals surface area contributed by atoms with E-state index in [0.29, 0.717) is 18.4 Å². The molecular formula is C10H13N3O2. The van der Waals surface area contributed by atoms with Gasteiger partial charge in [0.1, 0.15) is 5.78 Å². The van der Waals surface area contributed by atoms with E-state index in [4.69, 9.17) is 5.73 Å². The van der Waals surface area contributed by atoms with Crippen LogP contribution >= 0.6 is 0 Å². The van der Waals surface area contributed by atoms with E-state index in [1.807, 2.05) is 0 Å².